The second kappa shape index (κ2) is 7.24. The first kappa shape index (κ1) is 17.3. The van der Waals surface area contributed by atoms with Crippen molar-refractivity contribution < 1.29 is 4.39 Å². The number of H-pyrrole nitrogens is 1. The van der Waals surface area contributed by atoms with Crippen LogP contribution in [0.25, 0.3) is 22.2 Å². The number of fused-ring (bicyclic) bond motifs is 1. The Labute approximate surface area is 155 Å². The zero-order valence-corrected chi connectivity index (χ0v) is 15.6. The van der Waals surface area contributed by atoms with Crippen molar-refractivity contribution in [2.45, 2.75) is 26.7 Å². The molecular weight excluding hydrogens is 323 g/mol. The molecule has 2 unspecified atom stereocenters. The third kappa shape index (κ3) is 3.54. The number of piperidine rings is 1. The molecule has 3 aromatic rings. The third-order valence-electron chi connectivity index (χ3n) is 5.55. The lowest BCUT2D eigenvalue weighted by Gasteiger charge is -2.35. The van der Waals surface area contributed by atoms with Gasteiger partial charge < -0.3 is 9.88 Å². The van der Waals surface area contributed by atoms with E-state index in [2.05, 4.69) is 41.9 Å². The second-order valence-electron chi connectivity index (χ2n) is 7.99. The Hall–Kier alpha value is -2.13. The van der Waals surface area contributed by atoms with E-state index in [0.717, 1.165) is 41.6 Å². The molecule has 2 atom stereocenters. The van der Waals surface area contributed by atoms with Gasteiger partial charge in [-0.1, -0.05) is 44.2 Å². The van der Waals surface area contributed by atoms with Crippen molar-refractivity contribution in [1.29, 1.82) is 0 Å². The van der Waals surface area contributed by atoms with Gasteiger partial charge in [-0.2, -0.15) is 0 Å². The molecule has 0 bridgehead atoms. The number of para-hydroxylation sites is 1. The lowest BCUT2D eigenvalue weighted by molar-refractivity contribution is 0.142. The number of hydrogen-bond acceptors (Lipinski definition) is 1. The van der Waals surface area contributed by atoms with Crippen LogP contribution >= 0.6 is 0 Å². The number of hydrogen-bond donors (Lipinski definition) is 1. The van der Waals surface area contributed by atoms with Crippen LogP contribution in [0.1, 0.15) is 25.8 Å². The largest absolute Gasteiger partial charge is 0.354 e. The minimum Gasteiger partial charge on any atom is -0.354 e. The van der Waals surface area contributed by atoms with E-state index in [0.29, 0.717) is 0 Å². The minimum atomic E-state index is -0.189. The highest BCUT2D eigenvalue weighted by molar-refractivity contribution is 5.90. The van der Waals surface area contributed by atoms with E-state index >= 15 is 0 Å². The van der Waals surface area contributed by atoms with E-state index in [9.17, 15) is 4.39 Å². The summed E-state index contributed by atoms with van der Waals surface area (Å²) in [6, 6.07) is 15.3. The Morgan fingerprint density at radius 1 is 1.04 bits per heavy atom. The zero-order valence-electron chi connectivity index (χ0n) is 15.6. The first-order valence-electron chi connectivity index (χ1n) is 9.68. The van der Waals surface area contributed by atoms with Crippen molar-refractivity contribution in [2.24, 2.45) is 11.8 Å². The van der Waals surface area contributed by atoms with E-state index in [1.165, 1.54) is 36.5 Å². The van der Waals surface area contributed by atoms with Crippen LogP contribution in [0.15, 0.2) is 48.5 Å². The van der Waals surface area contributed by atoms with Crippen LogP contribution in [0.3, 0.4) is 0 Å². The van der Waals surface area contributed by atoms with Gasteiger partial charge in [-0.15, -0.1) is 0 Å². The quantitative estimate of drug-likeness (QED) is 0.659. The van der Waals surface area contributed by atoms with E-state index in [-0.39, 0.29) is 5.82 Å². The molecule has 3 heteroatoms. The van der Waals surface area contributed by atoms with Gasteiger partial charge in [0.2, 0.25) is 0 Å². The summed E-state index contributed by atoms with van der Waals surface area (Å²) in [5.74, 6) is 1.35. The van der Waals surface area contributed by atoms with Gasteiger partial charge >= 0.3 is 0 Å². The van der Waals surface area contributed by atoms with Gasteiger partial charge in [-0.05, 0) is 48.4 Å². The summed E-state index contributed by atoms with van der Waals surface area (Å²) in [4.78, 5) is 6.12. The zero-order chi connectivity index (χ0) is 18.1. The maximum absolute atomic E-state index is 13.8. The number of halogens is 1. The van der Waals surface area contributed by atoms with E-state index in [1.807, 2.05) is 12.1 Å². The van der Waals surface area contributed by atoms with Gasteiger partial charge in [0.1, 0.15) is 5.82 Å². The molecule has 1 aliphatic heterocycles. The van der Waals surface area contributed by atoms with Crippen LogP contribution in [-0.2, 0) is 6.42 Å². The summed E-state index contributed by atoms with van der Waals surface area (Å²) in [5, 5.41) is 1.25. The molecular formula is C23H27FN2. The lowest BCUT2D eigenvalue weighted by Crippen LogP contribution is -2.39. The standard InChI is InChI=1S/C23H27FN2/c1-16-12-17(2)15-26(14-16)11-10-21-20-8-3-4-9-22(20)25-23(21)18-6-5-7-19(24)13-18/h3-9,13,16-17,25H,10-12,14-15H2,1-2H3. The number of benzene rings is 2. The van der Waals surface area contributed by atoms with Crippen molar-refractivity contribution in [3.8, 4) is 11.3 Å². The highest BCUT2D eigenvalue weighted by Gasteiger charge is 2.22. The average Bonchev–Trinajstić information content (AvgIpc) is 2.98. The molecule has 136 valence electrons. The highest BCUT2D eigenvalue weighted by Crippen LogP contribution is 2.31. The molecule has 1 aromatic heterocycles. The Kier molecular flexibility index (Phi) is 4.82. The molecule has 0 amide bonds. The average molecular weight is 350 g/mol. The monoisotopic (exact) mass is 350 g/mol. The number of likely N-dealkylation sites (tertiary alicyclic amines) is 1. The normalized spacial score (nSPS) is 21.3. The molecule has 1 fully saturated rings. The maximum atomic E-state index is 13.8. The van der Waals surface area contributed by atoms with Crippen LogP contribution < -0.4 is 0 Å². The van der Waals surface area contributed by atoms with Crippen molar-refractivity contribution in [1.82, 2.24) is 9.88 Å². The van der Waals surface area contributed by atoms with Crippen LogP contribution in [0.5, 0.6) is 0 Å². The van der Waals surface area contributed by atoms with E-state index in [1.54, 1.807) is 12.1 Å². The molecule has 2 heterocycles. The molecule has 0 saturated carbocycles. The minimum absolute atomic E-state index is 0.189. The number of nitrogens with one attached hydrogen (secondary N) is 1. The maximum Gasteiger partial charge on any atom is 0.123 e. The first-order valence-corrected chi connectivity index (χ1v) is 9.68. The molecule has 26 heavy (non-hydrogen) atoms. The Bertz CT molecular complexity index is 888. The van der Waals surface area contributed by atoms with Gasteiger partial charge in [0.25, 0.3) is 0 Å². The summed E-state index contributed by atoms with van der Waals surface area (Å²) in [5.41, 5.74) is 4.42. The molecule has 4 rings (SSSR count). The summed E-state index contributed by atoms with van der Waals surface area (Å²) in [6.45, 7) is 8.13. The SMILES string of the molecule is CC1CC(C)CN(CCc2c(-c3cccc(F)c3)[nH]c3ccccc23)C1. The summed E-state index contributed by atoms with van der Waals surface area (Å²) < 4.78 is 13.8. The smallest absolute Gasteiger partial charge is 0.123 e. The molecule has 0 aliphatic carbocycles. The van der Waals surface area contributed by atoms with Gasteiger partial charge in [-0.25, -0.2) is 4.39 Å². The third-order valence-corrected chi connectivity index (χ3v) is 5.55. The van der Waals surface area contributed by atoms with Crippen molar-refractivity contribution in [3.63, 3.8) is 0 Å². The van der Waals surface area contributed by atoms with Crippen molar-refractivity contribution >= 4 is 10.9 Å². The molecule has 0 radical (unpaired) electrons. The fraction of sp³-hybridized carbons (Fsp3) is 0.391. The van der Waals surface area contributed by atoms with Crippen molar-refractivity contribution in [2.75, 3.05) is 19.6 Å². The molecule has 1 N–H and O–H groups in total. The Morgan fingerprint density at radius 3 is 2.58 bits per heavy atom. The van der Waals surface area contributed by atoms with Gasteiger partial charge in [0.05, 0.1) is 0 Å². The summed E-state index contributed by atoms with van der Waals surface area (Å²) in [7, 11) is 0. The van der Waals surface area contributed by atoms with Crippen LogP contribution in [0, 0.1) is 17.7 Å². The first-order chi connectivity index (χ1) is 12.6. The van der Waals surface area contributed by atoms with E-state index in [4.69, 9.17) is 0 Å². The molecule has 2 aromatic carbocycles. The molecule has 1 saturated heterocycles. The Balaban J connectivity index is 1.66. The number of rotatable bonds is 4. The van der Waals surface area contributed by atoms with Crippen LogP contribution in [0.2, 0.25) is 0 Å². The predicted octanol–water partition coefficient (Wildman–Crippen LogP) is 5.49. The fourth-order valence-corrected chi connectivity index (χ4v) is 4.59. The predicted molar refractivity (Wildman–Crippen MR) is 107 cm³/mol. The van der Waals surface area contributed by atoms with Gasteiger partial charge in [0, 0.05) is 41.8 Å². The lowest BCUT2D eigenvalue weighted by atomic mass is 9.91. The summed E-state index contributed by atoms with van der Waals surface area (Å²) in [6.07, 6.45) is 2.31. The van der Waals surface area contributed by atoms with E-state index < -0.39 is 0 Å². The van der Waals surface area contributed by atoms with Crippen molar-refractivity contribution in [3.05, 3.63) is 59.9 Å². The fourth-order valence-electron chi connectivity index (χ4n) is 4.59. The number of aromatic nitrogens is 1. The van der Waals surface area contributed by atoms with Gasteiger partial charge in [0.15, 0.2) is 0 Å². The van der Waals surface area contributed by atoms with Crippen LogP contribution in [-0.4, -0.2) is 29.5 Å². The second-order valence-corrected chi connectivity index (χ2v) is 7.99. The van der Waals surface area contributed by atoms with Gasteiger partial charge in [-0.3, -0.25) is 0 Å². The van der Waals surface area contributed by atoms with Crippen LogP contribution in [0.4, 0.5) is 4.39 Å². The molecule has 1 aliphatic rings. The molecule has 2 nitrogen and oxygen atoms in total. The number of nitrogens with zero attached hydrogens (tertiary/aromatic N) is 1. The topological polar surface area (TPSA) is 19.0 Å². The molecule has 0 spiro atoms. The highest BCUT2D eigenvalue weighted by atomic mass is 19.1. The number of aromatic amines is 1. The Morgan fingerprint density at radius 2 is 1.81 bits per heavy atom. The summed E-state index contributed by atoms with van der Waals surface area (Å²) >= 11 is 0.